The van der Waals surface area contributed by atoms with Crippen LogP contribution < -0.4 is 4.90 Å². The van der Waals surface area contributed by atoms with Gasteiger partial charge < -0.3 is 9.80 Å². The van der Waals surface area contributed by atoms with E-state index in [1.165, 1.54) is 16.8 Å². The SMILES string of the molecule is CN1CCc2ncnc(N3CCN(Cc4ccc(C#N)cc4)CC3)c2C1. The predicted molar refractivity (Wildman–Crippen MR) is 101 cm³/mol. The van der Waals surface area contributed by atoms with Crippen LogP contribution in [0.1, 0.15) is 22.4 Å². The zero-order valence-electron chi connectivity index (χ0n) is 15.2. The number of nitrogens with zero attached hydrogens (tertiary/aromatic N) is 6. The number of fused-ring (bicyclic) bond motifs is 1. The second kappa shape index (κ2) is 7.40. The molecule has 2 aliphatic heterocycles. The molecule has 0 saturated carbocycles. The molecular formula is C20H24N6. The van der Waals surface area contributed by atoms with Gasteiger partial charge in [0, 0.05) is 57.8 Å². The molecule has 2 aliphatic rings. The highest BCUT2D eigenvalue weighted by molar-refractivity contribution is 5.50. The third-order valence-corrected chi connectivity index (χ3v) is 5.33. The summed E-state index contributed by atoms with van der Waals surface area (Å²) in [6.45, 7) is 6.97. The summed E-state index contributed by atoms with van der Waals surface area (Å²) in [7, 11) is 2.16. The molecule has 1 aromatic heterocycles. The van der Waals surface area contributed by atoms with Crippen molar-refractivity contribution >= 4 is 5.82 Å². The molecule has 0 unspecified atom stereocenters. The molecule has 0 spiro atoms. The Morgan fingerprint density at radius 1 is 1.04 bits per heavy atom. The van der Waals surface area contributed by atoms with Crippen molar-refractivity contribution in [3.05, 3.63) is 53.0 Å². The number of piperazine rings is 1. The van der Waals surface area contributed by atoms with Crippen molar-refractivity contribution in [1.29, 1.82) is 5.26 Å². The minimum absolute atomic E-state index is 0.720. The minimum Gasteiger partial charge on any atom is -0.354 e. The Morgan fingerprint density at radius 2 is 1.81 bits per heavy atom. The second-order valence-electron chi connectivity index (χ2n) is 7.18. The molecule has 0 bridgehead atoms. The molecule has 6 heteroatoms. The number of hydrogen-bond acceptors (Lipinski definition) is 6. The molecule has 0 atom stereocenters. The summed E-state index contributed by atoms with van der Waals surface area (Å²) in [5.74, 6) is 1.12. The first-order valence-electron chi connectivity index (χ1n) is 9.20. The minimum atomic E-state index is 0.720. The Labute approximate surface area is 154 Å². The molecule has 1 aromatic carbocycles. The van der Waals surface area contributed by atoms with Gasteiger partial charge >= 0.3 is 0 Å². The van der Waals surface area contributed by atoms with Gasteiger partial charge in [0.2, 0.25) is 0 Å². The van der Waals surface area contributed by atoms with Crippen molar-refractivity contribution < 1.29 is 0 Å². The van der Waals surface area contributed by atoms with Gasteiger partial charge in [0.1, 0.15) is 12.1 Å². The van der Waals surface area contributed by atoms with Crippen molar-refractivity contribution in [2.24, 2.45) is 0 Å². The van der Waals surface area contributed by atoms with Crippen LogP contribution in [0.2, 0.25) is 0 Å². The van der Waals surface area contributed by atoms with Crippen LogP contribution in [0.3, 0.4) is 0 Å². The molecule has 4 rings (SSSR count). The van der Waals surface area contributed by atoms with Gasteiger partial charge in [0.05, 0.1) is 17.3 Å². The van der Waals surface area contributed by atoms with Crippen molar-refractivity contribution in [2.45, 2.75) is 19.5 Å². The van der Waals surface area contributed by atoms with E-state index in [1.807, 2.05) is 12.1 Å². The van der Waals surface area contributed by atoms with Crippen LogP contribution in [-0.4, -0.2) is 59.5 Å². The molecule has 1 fully saturated rings. The van der Waals surface area contributed by atoms with Crippen LogP contribution in [-0.2, 0) is 19.5 Å². The number of anilines is 1. The zero-order chi connectivity index (χ0) is 17.9. The van der Waals surface area contributed by atoms with Gasteiger partial charge in [0.15, 0.2) is 0 Å². The summed E-state index contributed by atoms with van der Waals surface area (Å²) in [4.78, 5) is 16.3. The predicted octanol–water partition coefficient (Wildman–Crippen LogP) is 1.66. The fourth-order valence-electron chi connectivity index (χ4n) is 3.79. The Kier molecular flexibility index (Phi) is 4.83. The number of rotatable bonds is 3. The molecule has 6 nitrogen and oxygen atoms in total. The third kappa shape index (κ3) is 3.55. The lowest BCUT2D eigenvalue weighted by Crippen LogP contribution is -2.47. The fourth-order valence-corrected chi connectivity index (χ4v) is 3.79. The molecule has 1 saturated heterocycles. The summed E-state index contributed by atoms with van der Waals surface area (Å²) in [6.07, 6.45) is 2.74. The van der Waals surface area contributed by atoms with Crippen LogP contribution in [0.5, 0.6) is 0 Å². The molecule has 134 valence electrons. The van der Waals surface area contributed by atoms with Crippen LogP contribution in [0.25, 0.3) is 0 Å². The van der Waals surface area contributed by atoms with Crippen LogP contribution >= 0.6 is 0 Å². The second-order valence-corrected chi connectivity index (χ2v) is 7.18. The van der Waals surface area contributed by atoms with E-state index in [2.05, 4.69) is 49.9 Å². The maximum atomic E-state index is 8.91. The highest BCUT2D eigenvalue weighted by Crippen LogP contribution is 2.26. The Hall–Kier alpha value is -2.49. The van der Waals surface area contributed by atoms with Gasteiger partial charge in [-0.15, -0.1) is 0 Å². The van der Waals surface area contributed by atoms with Gasteiger partial charge in [-0.1, -0.05) is 12.1 Å². The van der Waals surface area contributed by atoms with E-state index in [0.717, 1.165) is 63.6 Å². The van der Waals surface area contributed by atoms with E-state index < -0.39 is 0 Å². The van der Waals surface area contributed by atoms with E-state index in [1.54, 1.807) is 6.33 Å². The number of benzene rings is 1. The van der Waals surface area contributed by atoms with E-state index in [9.17, 15) is 0 Å². The first kappa shape index (κ1) is 17.0. The molecule has 0 radical (unpaired) electrons. The molecule has 26 heavy (non-hydrogen) atoms. The van der Waals surface area contributed by atoms with Crippen LogP contribution in [0.15, 0.2) is 30.6 Å². The van der Waals surface area contributed by atoms with E-state index >= 15 is 0 Å². The smallest absolute Gasteiger partial charge is 0.136 e. The Bertz CT molecular complexity index is 802. The summed E-state index contributed by atoms with van der Waals surface area (Å²) in [6, 6.07) is 10.1. The quantitative estimate of drug-likeness (QED) is 0.841. The maximum absolute atomic E-state index is 8.91. The zero-order valence-corrected chi connectivity index (χ0v) is 15.2. The highest BCUT2D eigenvalue weighted by atomic mass is 15.3. The molecule has 3 heterocycles. The lowest BCUT2D eigenvalue weighted by atomic mass is 10.1. The number of aromatic nitrogens is 2. The molecular weight excluding hydrogens is 324 g/mol. The van der Waals surface area contributed by atoms with Gasteiger partial charge in [0.25, 0.3) is 0 Å². The normalized spacial score (nSPS) is 18.4. The number of hydrogen-bond donors (Lipinski definition) is 0. The number of nitriles is 1. The Balaban J connectivity index is 1.40. The standard InChI is InChI=1S/C20H24N6/c1-24-7-6-19-18(14-24)20(23-15-22-19)26-10-8-25(9-11-26)13-17-4-2-16(12-21)3-5-17/h2-5,15H,6-11,13-14H2,1H3. The van der Waals surface area contributed by atoms with Crippen molar-refractivity contribution in [1.82, 2.24) is 19.8 Å². The number of likely N-dealkylation sites (N-methyl/N-ethyl adjacent to an activating group) is 1. The van der Waals surface area contributed by atoms with Crippen molar-refractivity contribution in [3.63, 3.8) is 0 Å². The lowest BCUT2D eigenvalue weighted by Gasteiger charge is -2.37. The third-order valence-electron chi connectivity index (χ3n) is 5.33. The van der Waals surface area contributed by atoms with Crippen molar-refractivity contribution in [2.75, 3.05) is 44.7 Å². The van der Waals surface area contributed by atoms with Crippen LogP contribution in [0.4, 0.5) is 5.82 Å². The summed E-state index contributed by atoms with van der Waals surface area (Å²) >= 11 is 0. The topological polar surface area (TPSA) is 59.3 Å². The molecule has 0 N–H and O–H groups in total. The maximum Gasteiger partial charge on any atom is 0.136 e. The van der Waals surface area contributed by atoms with Crippen molar-refractivity contribution in [3.8, 4) is 6.07 Å². The summed E-state index contributed by atoms with van der Waals surface area (Å²) in [5.41, 5.74) is 4.51. The molecule has 2 aromatic rings. The molecule has 0 amide bonds. The summed E-state index contributed by atoms with van der Waals surface area (Å²) < 4.78 is 0. The largest absolute Gasteiger partial charge is 0.354 e. The van der Waals surface area contributed by atoms with Crippen LogP contribution in [0, 0.1) is 11.3 Å². The van der Waals surface area contributed by atoms with E-state index in [4.69, 9.17) is 5.26 Å². The van der Waals surface area contributed by atoms with Gasteiger partial charge in [-0.2, -0.15) is 5.26 Å². The first-order chi connectivity index (χ1) is 12.7. The highest BCUT2D eigenvalue weighted by Gasteiger charge is 2.24. The monoisotopic (exact) mass is 348 g/mol. The Morgan fingerprint density at radius 3 is 2.54 bits per heavy atom. The van der Waals surface area contributed by atoms with E-state index in [-0.39, 0.29) is 0 Å². The van der Waals surface area contributed by atoms with E-state index in [0.29, 0.717) is 0 Å². The molecule has 0 aliphatic carbocycles. The average Bonchev–Trinajstić information content (AvgIpc) is 2.69. The van der Waals surface area contributed by atoms with Gasteiger partial charge in [-0.25, -0.2) is 9.97 Å². The first-order valence-corrected chi connectivity index (χ1v) is 9.20. The lowest BCUT2D eigenvalue weighted by molar-refractivity contribution is 0.248. The van der Waals surface area contributed by atoms with Gasteiger partial charge in [-0.05, 0) is 24.7 Å². The van der Waals surface area contributed by atoms with Gasteiger partial charge in [-0.3, -0.25) is 4.90 Å². The average molecular weight is 348 g/mol. The summed E-state index contributed by atoms with van der Waals surface area (Å²) in [5, 5.41) is 8.91. The fraction of sp³-hybridized carbons (Fsp3) is 0.450.